The molecule has 0 saturated heterocycles. The summed E-state index contributed by atoms with van der Waals surface area (Å²) in [7, 11) is 0. The van der Waals surface area contributed by atoms with Crippen LogP contribution < -0.4 is 5.43 Å². The summed E-state index contributed by atoms with van der Waals surface area (Å²) in [6.45, 7) is 0. The molecule has 3 nitrogen and oxygen atoms in total. The highest BCUT2D eigenvalue weighted by Crippen LogP contribution is 2.18. The van der Waals surface area contributed by atoms with Gasteiger partial charge in [0.15, 0.2) is 11.4 Å². The number of pyridine rings is 1. The van der Waals surface area contributed by atoms with Gasteiger partial charge in [-0.05, 0) is 0 Å². The van der Waals surface area contributed by atoms with E-state index in [1.807, 2.05) is 0 Å². The van der Waals surface area contributed by atoms with Gasteiger partial charge in [-0.25, -0.2) is 8.78 Å². The zero-order valence-electron chi connectivity index (χ0n) is 6.85. The van der Waals surface area contributed by atoms with Crippen molar-refractivity contribution >= 4 is 0 Å². The third kappa shape index (κ3) is 1.93. The van der Waals surface area contributed by atoms with Crippen molar-refractivity contribution < 1.29 is 13.2 Å². The van der Waals surface area contributed by atoms with Gasteiger partial charge in [0.1, 0.15) is 0 Å². The number of aromatic amines is 1. The van der Waals surface area contributed by atoms with E-state index in [0.717, 1.165) is 0 Å². The lowest BCUT2D eigenvalue weighted by Gasteiger charge is -2.04. The minimum Gasteiger partial charge on any atom is -0.330 e. The van der Waals surface area contributed by atoms with Crippen LogP contribution >= 0.6 is 0 Å². The fourth-order valence-electron chi connectivity index (χ4n) is 1.02. The highest BCUT2D eigenvalue weighted by Gasteiger charge is 2.17. The standard InChI is InChI=1S/C8H5F3N2O/c9-6-3-5(14)4(1-2-12)7(13-6)8(10)11/h3,8H,1H2,(H,13,14). The Bertz CT molecular complexity index is 433. The number of H-pyrrole nitrogens is 1. The van der Waals surface area contributed by atoms with Crippen LogP contribution in [0.15, 0.2) is 10.9 Å². The second-order valence-electron chi connectivity index (χ2n) is 2.51. The number of rotatable bonds is 2. The van der Waals surface area contributed by atoms with Crippen LogP contribution in [0.1, 0.15) is 17.7 Å². The van der Waals surface area contributed by atoms with Crippen LogP contribution in [0.2, 0.25) is 0 Å². The van der Waals surface area contributed by atoms with Gasteiger partial charge >= 0.3 is 0 Å². The van der Waals surface area contributed by atoms with Crippen LogP contribution in [-0.2, 0) is 6.42 Å². The number of nitriles is 1. The Balaban J connectivity index is 3.38. The summed E-state index contributed by atoms with van der Waals surface area (Å²) in [4.78, 5) is 12.7. The van der Waals surface area contributed by atoms with Crippen molar-refractivity contribution in [2.45, 2.75) is 12.8 Å². The fraction of sp³-hybridized carbons (Fsp3) is 0.250. The SMILES string of the molecule is N#CCc1c(C(F)F)[nH]c(F)cc1=O. The zero-order valence-corrected chi connectivity index (χ0v) is 6.85. The van der Waals surface area contributed by atoms with Crippen molar-refractivity contribution in [2.24, 2.45) is 0 Å². The Morgan fingerprint density at radius 1 is 1.57 bits per heavy atom. The van der Waals surface area contributed by atoms with Gasteiger partial charge in [-0.1, -0.05) is 0 Å². The Morgan fingerprint density at radius 3 is 2.71 bits per heavy atom. The second-order valence-corrected chi connectivity index (χ2v) is 2.51. The van der Waals surface area contributed by atoms with Crippen LogP contribution in [0.3, 0.4) is 0 Å². The maximum Gasteiger partial charge on any atom is 0.278 e. The summed E-state index contributed by atoms with van der Waals surface area (Å²) in [6, 6.07) is 2.10. The molecule has 0 atom stereocenters. The summed E-state index contributed by atoms with van der Waals surface area (Å²) in [6.07, 6.45) is -3.46. The largest absolute Gasteiger partial charge is 0.330 e. The molecule has 0 aliphatic rings. The number of hydrogen-bond donors (Lipinski definition) is 1. The maximum absolute atomic E-state index is 12.5. The van der Waals surface area contributed by atoms with Crippen LogP contribution in [0, 0.1) is 17.3 Å². The first kappa shape index (κ1) is 10.3. The van der Waals surface area contributed by atoms with E-state index in [4.69, 9.17) is 5.26 Å². The molecule has 6 heteroatoms. The molecule has 1 heterocycles. The van der Waals surface area contributed by atoms with E-state index < -0.39 is 29.9 Å². The van der Waals surface area contributed by atoms with Gasteiger partial charge in [0.2, 0.25) is 0 Å². The molecule has 0 spiro atoms. The predicted octanol–water partition coefficient (Wildman–Crippen LogP) is 1.52. The summed E-state index contributed by atoms with van der Waals surface area (Å²) >= 11 is 0. The van der Waals surface area contributed by atoms with Crippen molar-refractivity contribution in [2.75, 3.05) is 0 Å². The molecule has 1 rings (SSSR count). The highest BCUT2D eigenvalue weighted by molar-refractivity contribution is 5.24. The van der Waals surface area contributed by atoms with Gasteiger partial charge in [0, 0.05) is 11.6 Å². The number of nitrogens with one attached hydrogen (secondary N) is 1. The zero-order chi connectivity index (χ0) is 10.7. The number of aromatic nitrogens is 1. The molecule has 14 heavy (non-hydrogen) atoms. The third-order valence-corrected chi connectivity index (χ3v) is 1.61. The highest BCUT2D eigenvalue weighted by atomic mass is 19.3. The molecule has 1 aromatic rings. The number of hydrogen-bond acceptors (Lipinski definition) is 2. The van der Waals surface area contributed by atoms with E-state index >= 15 is 0 Å². The first-order valence-electron chi connectivity index (χ1n) is 3.63. The Kier molecular flexibility index (Phi) is 2.92. The average molecular weight is 202 g/mol. The van der Waals surface area contributed by atoms with Gasteiger partial charge in [-0.15, -0.1) is 0 Å². The third-order valence-electron chi connectivity index (χ3n) is 1.61. The molecule has 0 unspecified atom stereocenters. The normalized spacial score (nSPS) is 10.2. The number of nitrogens with zero attached hydrogens (tertiary/aromatic N) is 1. The molecule has 1 aromatic heterocycles. The second kappa shape index (κ2) is 3.96. The van der Waals surface area contributed by atoms with Gasteiger partial charge < -0.3 is 4.98 Å². The van der Waals surface area contributed by atoms with Crippen LogP contribution in [0.5, 0.6) is 0 Å². The van der Waals surface area contributed by atoms with Gasteiger partial charge in [-0.3, -0.25) is 4.79 Å². The van der Waals surface area contributed by atoms with Crippen molar-refractivity contribution in [3.05, 3.63) is 33.5 Å². The molecule has 0 fully saturated rings. The van der Waals surface area contributed by atoms with E-state index in [0.29, 0.717) is 6.07 Å². The average Bonchev–Trinajstić information content (AvgIpc) is 2.09. The van der Waals surface area contributed by atoms with E-state index in [-0.39, 0.29) is 5.56 Å². The smallest absolute Gasteiger partial charge is 0.278 e. The van der Waals surface area contributed by atoms with Gasteiger partial charge in [-0.2, -0.15) is 9.65 Å². The summed E-state index contributed by atoms with van der Waals surface area (Å²) in [5.41, 5.74) is -2.10. The summed E-state index contributed by atoms with van der Waals surface area (Å²) < 4.78 is 37.1. The van der Waals surface area contributed by atoms with Crippen LogP contribution in [0.4, 0.5) is 13.2 Å². The fourth-order valence-corrected chi connectivity index (χ4v) is 1.02. The Morgan fingerprint density at radius 2 is 2.21 bits per heavy atom. The minimum absolute atomic E-state index is 0.385. The van der Waals surface area contributed by atoms with Crippen molar-refractivity contribution in [3.8, 4) is 6.07 Å². The van der Waals surface area contributed by atoms with Gasteiger partial charge in [0.25, 0.3) is 6.43 Å². The molecule has 0 aromatic carbocycles. The van der Waals surface area contributed by atoms with Crippen LogP contribution in [-0.4, -0.2) is 4.98 Å². The minimum atomic E-state index is -3.00. The molecule has 0 amide bonds. The molecule has 0 saturated carbocycles. The summed E-state index contributed by atoms with van der Waals surface area (Å²) in [5.74, 6) is -1.13. The van der Waals surface area contributed by atoms with Crippen LogP contribution in [0.25, 0.3) is 0 Å². The maximum atomic E-state index is 12.5. The van der Waals surface area contributed by atoms with Crippen molar-refractivity contribution in [3.63, 3.8) is 0 Å². The Labute approximate surface area is 76.8 Å². The molecule has 0 radical (unpaired) electrons. The van der Waals surface area contributed by atoms with E-state index in [9.17, 15) is 18.0 Å². The molecule has 0 aliphatic carbocycles. The van der Waals surface area contributed by atoms with Gasteiger partial charge in [0.05, 0.1) is 18.2 Å². The lowest BCUT2D eigenvalue weighted by molar-refractivity contribution is 0.143. The quantitative estimate of drug-likeness (QED) is 0.739. The summed E-state index contributed by atoms with van der Waals surface area (Å²) in [5, 5.41) is 8.28. The number of alkyl halides is 2. The molecule has 74 valence electrons. The van der Waals surface area contributed by atoms with E-state index in [2.05, 4.69) is 0 Å². The monoisotopic (exact) mass is 202 g/mol. The van der Waals surface area contributed by atoms with E-state index in [1.165, 1.54) is 0 Å². The molecule has 1 N–H and O–H groups in total. The number of halogens is 3. The molecular weight excluding hydrogens is 197 g/mol. The van der Waals surface area contributed by atoms with Crippen molar-refractivity contribution in [1.29, 1.82) is 5.26 Å². The topological polar surface area (TPSA) is 56.6 Å². The molecule has 0 aliphatic heterocycles. The predicted molar refractivity (Wildman–Crippen MR) is 41.3 cm³/mol. The first-order chi connectivity index (χ1) is 6.56. The lowest BCUT2D eigenvalue weighted by Crippen LogP contribution is -2.15. The Hall–Kier alpha value is -1.77. The molecular formula is C8H5F3N2O. The molecule has 0 bridgehead atoms. The van der Waals surface area contributed by atoms with Crippen molar-refractivity contribution in [1.82, 2.24) is 4.98 Å². The lowest BCUT2D eigenvalue weighted by atomic mass is 10.1. The van der Waals surface area contributed by atoms with E-state index in [1.54, 1.807) is 11.1 Å². The first-order valence-corrected chi connectivity index (χ1v) is 3.63.